The van der Waals surface area contributed by atoms with Crippen LogP contribution in [-0.4, -0.2) is 43.9 Å². The van der Waals surface area contributed by atoms with E-state index >= 15 is 4.39 Å². The maximum Gasteiger partial charge on any atom is 0.416 e. The second kappa shape index (κ2) is 9.46. The van der Waals surface area contributed by atoms with E-state index in [4.69, 9.17) is 9.47 Å². The molecule has 1 fully saturated rings. The Morgan fingerprint density at radius 1 is 1.18 bits per heavy atom. The minimum absolute atomic E-state index is 0.0398. The van der Waals surface area contributed by atoms with Crippen molar-refractivity contribution in [3.63, 3.8) is 0 Å². The third-order valence-electron chi connectivity index (χ3n) is 5.69. The minimum atomic E-state index is -4.47. The van der Waals surface area contributed by atoms with E-state index in [-0.39, 0.29) is 29.7 Å². The van der Waals surface area contributed by atoms with Crippen LogP contribution in [-0.2, 0) is 22.1 Å². The number of aromatic amines is 1. The number of morpholine rings is 1. The van der Waals surface area contributed by atoms with Crippen molar-refractivity contribution in [3.05, 3.63) is 74.8 Å². The Kier molecular flexibility index (Phi) is 6.60. The Labute approximate surface area is 192 Å². The van der Waals surface area contributed by atoms with E-state index in [2.05, 4.69) is 4.98 Å². The van der Waals surface area contributed by atoms with E-state index in [0.717, 1.165) is 18.2 Å². The fourth-order valence-electron chi connectivity index (χ4n) is 4.07. The van der Waals surface area contributed by atoms with Crippen LogP contribution in [0.4, 0.5) is 23.2 Å². The summed E-state index contributed by atoms with van der Waals surface area (Å²) in [7, 11) is 0. The van der Waals surface area contributed by atoms with Crippen LogP contribution < -0.4 is 10.3 Å². The number of H-pyrrole nitrogens is 1. The molecule has 3 aromatic rings. The summed E-state index contributed by atoms with van der Waals surface area (Å²) in [5.41, 5.74) is -0.271. The summed E-state index contributed by atoms with van der Waals surface area (Å²) >= 11 is 0. The molecule has 0 unspecified atom stereocenters. The molecule has 0 spiro atoms. The van der Waals surface area contributed by atoms with Crippen molar-refractivity contribution in [2.24, 2.45) is 0 Å². The van der Waals surface area contributed by atoms with E-state index in [9.17, 15) is 22.8 Å². The van der Waals surface area contributed by atoms with Crippen LogP contribution in [0.15, 0.2) is 41.3 Å². The fraction of sp³-hybridized carbons (Fsp3) is 0.333. The van der Waals surface area contributed by atoms with Gasteiger partial charge in [0.25, 0.3) is 0 Å². The van der Waals surface area contributed by atoms with Gasteiger partial charge in [-0.3, -0.25) is 4.79 Å². The predicted octanol–water partition coefficient (Wildman–Crippen LogP) is 4.29. The number of anilines is 1. The molecule has 1 aliphatic rings. The molecule has 0 saturated carbocycles. The van der Waals surface area contributed by atoms with Crippen LogP contribution in [0.5, 0.6) is 0 Å². The first-order valence-corrected chi connectivity index (χ1v) is 10.7. The van der Waals surface area contributed by atoms with E-state index in [1.54, 1.807) is 11.8 Å². The average Bonchev–Trinajstić information content (AvgIpc) is 2.80. The first kappa shape index (κ1) is 23.7. The smallest absolute Gasteiger partial charge is 0.416 e. The summed E-state index contributed by atoms with van der Waals surface area (Å²) in [5.74, 6) is -1.49. The molecule has 34 heavy (non-hydrogen) atoms. The van der Waals surface area contributed by atoms with E-state index in [0.29, 0.717) is 42.9 Å². The van der Waals surface area contributed by atoms with Gasteiger partial charge in [0.05, 0.1) is 36.6 Å². The van der Waals surface area contributed by atoms with Gasteiger partial charge >= 0.3 is 12.1 Å². The van der Waals surface area contributed by atoms with Crippen molar-refractivity contribution in [3.8, 4) is 0 Å². The van der Waals surface area contributed by atoms with Crippen LogP contribution in [0.2, 0.25) is 0 Å². The third kappa shape index (κ3) is 4.63. The van der Waals surface area contributed by atoms with Crippen LogP contribution in [0.3, 0.4) is 0 Å². The standard InChI is InChI=1S/C24H22F4N2O4/c1-2-34-23(32)18-13-29-20-16(11-14-3-5-15(6-4-14)24(26,27)28)21(30-7-9-33-10-8-30)19(25)12-17(20)22(18)31/h3-6,12-13H,2,7-11H2,1H3,(H,29,31). The highest BCUT2D eigenvalue weighted by Crippen LogP contribution is 2.34. The zero-order valence-electron chi connectivity index (χ0n) is 18.3. The van der Waals surface area contributed by atoms with Gasteiger partial charge in [-0.05, 0) is 30.7 Å². The first-order valence-electron chi connectivity index (χ1n) is 10.7. The number of pyridine rings is 1. The second-order valence-electron chi connectivity index (χ2n) is 7.83. The number of carbonyl (C=O) groups excluding carboxylic acids is 1. The number of rotatable bonds is 5. The number of hydrogen-bond donors (Lipinski definition) is 1. The molecular weight excluding hydrogens is 456 g/mol. The number of halogens is 4. The molecule has 0 amide bonds. The van der Waals surface area contributed by atoms with E-state index < -0.39 is 29.0 Å². The summed E-state index contributed by atoms with van der Waals surface area (Å²) in [4.78, 5) is 29.9. The number of nitrogens with one attached hydrogen (secondary N) is 1. The molecule has 2 aromatic carbocycles. The Morgan fingerprint density at radius 2 is 1.85 bits per heavy atom. The number of benzene rings is 2. The Morgan fingerprint density at radius 3 is 2.47 bits per heavy atom. The van der Waals surface area contributed by atoms with Crippen LogP contribution in [0.1, 0.15) is 34.0 Å². The highest BCUT2D eigenvalue weighted by molar-refractivity contribution is 5.95. The van der Waals surface area contributed by atoms with Gasteiger partial charge in [0.2, 0.25) is 5.43 Å². The summed E-state index contributed by atoms with van der Waals surface area (Å²) in [6.07, 6.45) is -3.19. The molecule has 6 nitrogen and oxygen atoms in total. The number of esters is 1. The van der Waals surface area contributed by atoms with Crippen molar-refractivity contribution in [2.75, 3.05) is 37.8 Å². The van der Waals surface area contributed by atoms with Crippen LogP contribution in [0, 0.1) is 5.82 Å². The molecule has 2 heterocycles. The summed E-state index contributed by atoms with van der Waals surface area (Å²) < 4.78 is 64.6. The van der Waals surface area contributed by atoms with Gasteiger partial charge in [-0.15, -0.1) is 0 Å². The lowest BCUT2D eigenvalue weighted by Crippen LogP contribution is -2.37. The second-order valence-corrected chi connectivity index (χ2v) is 7.83. The maximum absolute atomic E-state index is 15.4. The molecule has 1 saturated heterocycles. The van der Waals surface area contributed by atoms with Crippen molar-refractivity contribution in [1.29, 1.82) is 0 Å². The first-order chi connectivity index (χ1) is 16.2. The monoisotopic (exact) mass is 478 g/mol. The lowest BCUT2D eigenvalue weighted by atomic mass is 9.97. The highest BCUT2D eigenvalue weighted by Gasteiger charge is 2.30. The van der Waals surface area contributed by atoms with Gasteiger partial charge < -0.3 is 19.4 Å². The number of hydrogen-bond acceptors (Lipinski definition) is 5. The third-order valence-corrected chi connectivity index (χ3v) is 5.69. The van der Waals surface area contributed by atoms with E-state index in [1.165, 1.54) is 18.3 Å². The number of fused-ring (bicyclic) bond motifs is 1. The zero-order chi connectivity index (χ0) is 24.5. The molecule has 1 aromatic heterocycles. The van der Waals surface area contributed by atoms with Crippen LogP contribution >= 0.6 is 0 Å². The van der Waals surface area contributed by atoms with Crippen LogP contribution in [0.25, 0.3) is 10.9 Å². The normalized spacial score (nSPS) is 14.4. The average molecular weight is 478 g/mol. The molecule has 0 bridgehead atoms. The van der Waals surface area contributed by atoms with Gasteiger partial charge in [0, 0.05) is 36.7 Å². The molecule has 0 radical (unpaired) electrons. The molecule has 0 atom stereocenters. The van der Waals surface area contributed by atoms with Gasteiger partial charge in [-0.2, -0.15) is 13.2 Å². The molecule has 1 N–H and O–H groups in total. The minimum Gasteiger partial charge on any atom is -0.462 e. The number of carbonyl (C=O) groups is 1. The van der Waals surface area contributed by atoms with Crippen molar-refractivity contribution in [2.45, 2.75) is 19.5 Å². The number of alkyl halides is 3. The van der Waals surface area contributed by atoms with Crippen molar-refractivity contribution in [1.82, 2.24) is 4.98 Å². The Hall–Kier alpha value is -3.40. The molecule has 0 aliphatic carbocycles. The van der Waals surface area contributed by atoms with Gasteiger partial charge in [0.1, 0.15) is 11.4 Å². The summed E-state index contributed by atoms with van der Waals surface area (Å²) in [5, 5.41) is -0.0398. The number of nitrogens with zero attached hydrogens (tertiary/aromatic N) is 1. The quantitative estimate of drug-likeness (QED) is 0.438. The molecular formula is C24H22F4N2O4. The Bertz CT molecular complexity index is 1260. The number of aromatic nitrogens is 1. The summed E-state index contributed by atoms with van der Waals surface area (Å²) in [6, 6.07) is 5.67. The van der Waals surface area contributed by atoms with Crippen molar-refractivity contribution < 1.29 is 31.8 Å². The number of ether oxygens (including phenoxy) is 2. The van der Waals surface area contributed by atoms with Crippen molar-refractivity contribution >= 4 is 22.6 Å². The Balaban J connectivity index is 1.87. The maximum atomic E-state index is 15.4. The fourth-order valence-corrected chi connectivity index (χ4v) is 4.07. The molecule has 1 aliphatic heterocycles. The molecule has 180 valence electrons. The summed E-state index contributed by atoms with van der Waals surface area (Å²) in [6.45, 7) is 3.26. The lowest BCUT2D eigenvalue weighted by Gasteiger charge is -2.31. The van der Waals surface area contributed by atoms with Gasteiger partial charge in [0.15, 0.2) is 0 Å². The van der Waals surface area contributed by atoms with Gasteiger partial charge in [-0.1, -0.05) is 12.1 Å². The highest BCUT2D eigenvalue weighted by atomic mass is 19.4. The van der Waals surface area contributed by atoms with Gasteiger partial charge in [-0.25, -0.2) is 9.18 Å². The SMILES string of the molecule is CCOC(=O)c1c[nH]c2c(Cc3ccc(C(F)(F)F)cc3)c(N3CCOCC3)c(F)cc2c1=O. The molecule has 4 rings (SSSR count). The zero-order valence-corrected chi connectivity index (χ0v) is 18.3. The van der Waals surface area contributed by atoms with E-state index in [1.807, 2.05) is 0 Å². The topological polar surface area (TPSA) is 71.6 Å². The largest absolute Gasteiger partial charge is 0.462 e. The molecule has 10 heteroatoms. The predicted molar refractivity (Wildman–Crippen MR) is 118 cm³/mol. The lowest BCUT2D eigenvalue weighted by molar-refractivity contribution is -0.137.